The summed E-state index contributed by atoms with van der Waals surface area (Å²) in [6.07, 6.45) is 2.16. The van der Waals surface area contributed by atoms with E-state index in [4.69, 9.17) is 9.84 Å². The fourth-order valence-corrected chi connectivity index (χ4v) is 2.65. The Hall–Kier alpha value is -2.65. The second-order valence-electron chi connectivity index (χ2n) is 9.20. The second-order valence-corrected chi connectivity index (χ2v) is 9.20. The van der Waals surface area contributed by atoms with E-state index in [1.54, 1.807) is 23.9 Å². The normalized spacial score (nSPS) is 17.1. The van der Waals surface area contributed by atoms with Crippen LogP contribution in [0.15, 0.2) is 12.1 Å². The van der Waals surface area contributed by atoms with Crippen LogP contribution in [0.5, 0.6) is 5.88 Å². The van der Waals surface area contributed by atoms with E-state index in [9.17, 15) is 18.4 Å². The molecule has 0 atom stereocenters. The maximum atomic E-state index is 12.9. The van der Waals surface area contributed by atoms with E-state index in [2.05, 4.69) is 4.98 Å². The van der Waals surface area contributed by atoms with Crippen LogP contribution in [0.3, 0.4) is 0 Å². The summed E-state index contributed by atoms with van der Waals surface area (Å²) in [5, 5.41) is 8.93. The molecule has 1 aliphatic heterocycles. The number of hydrogen-bond donors (Lipinski definition) is 1. The van der Waals surface area contributed by atoms with Gasteiger partial charge in [0.25, 0.3) is 5.92 Å². The van der Waals surface area contributed by atoms with Crippen LogP contribution in [-0.2, 0) is 0 Å². The van der Waals surface area contributed by atoms with Gasteiger partial charge in [0.05, 0.1) is 19.7 Å². The van der Waals surface area contributed by atoms with Crippen LogP contribution in [0, 0.1) is 5.92 Å². The molecule has 1 saturated heterocycles. The molecular weight excluding hydrogens is 410 g/mol. The van der Waals surface area contributed by atoms with Gasteiger partial charge >= 0.3 is 12.0 Å². The van der Waals surface area contributed by atoms with Gasteiger partial charge in [-0.15, -0.1) is 0 Å². The maximum absolute atomic E-state index is 12.9. The Kier molecular flexibility index (Phi) is 7.33. The molecule has 10 heteroatoms. The monoisotopic (exact) mass is 442 g/mol. The zero-order valence-electron chi connectivity index (χ0n) is 19.0. The van der Waals surface area contributed by atoms with Gasteiger partial charge in [-0.3, -0.25) is 0 Å². The largest absolute Gasteiger partial charge is 0.477 e. The lowest BCUT2D eigenvalue weighted by molar-refractivity contribution is -0.0265. The summed E-state index contributed by atoms with van der Waals surface area (Å²) in [6, 6.07) is 2.82. The summed E-state index contributed by atoms with van der Waals surface area (Å²) in [5.41, 5.74) is 0.190. The van der Waals surface area contributed by atoms with Crippen LogP contribution in [-0.4, -0.2) is 84.2 Å². The highest BCUT2D eigenvalue weighted by Gasteiger charge is 2.45. The number of carbonyl (C=O) groups excluding carboxylic acids is 1. The third-order valence-corrected chi connectivity index (χ3v) is 5.07. The minimum atomic E-state index is -2.70. The number of pyridine rings is 1. The molecule has 3 rings (SSSR count). The molecule has 8 nitrogen and oxygen atoms in total. The predicted octanol–water partition coefficient (Wildman–Crippen LogP) is 3.42. The molecule has 174 valence electrons. The topological polar surface area (TPSA) is 86.2 Å². The molecule has 1 N–H and O–H groups in total. The van der Waals surface area contributed by atoms with Crippen molar-refractivity contribution in [3.63, 3.8) is 0 Å². The summed E-state index contributed by atoms with van der Waals surface area (Å²) >= 11 is 0. The quantitative estimate of drug-likeness (QED) is 0.752. The lowest BCUT2D eigenvalue weighted by atomic mass is 10.1. The number of nitrogens with zero attached hydrogens (tertiary/aromatic N) is 4. The summed E-state index contributed by atoms with van der Waals surface area (Å²) in [5.74, 6) is -3.26. The molecule has 1 aliphatic carbocycles. The van der Waals surface area contributed by atoms with Crippen molar-refractivity contribution in [2.75, 3.05) is 45.7 Å². The van der Waals surface area contributed by atoms with Gasteiger partial charge in [0, 0.05) is 26.7 Å². The van der Waals surface area contributed by atoms with E-state index in [1.807, 2.05) is 27.8 Å². The van der Waals surface area contributed by atoms with Crippen LogP contribution >= 0.6 is 0 Å². The molecule has 1 aromatic rings. The average Bonchev–Trinajstić information content (AvgIpc) is 3.47. The maximum Gasteiger partial charge on any atom is 0.354 e. The molecule has 0 unspecified atom stereocenters. The van der Waals surface area contributed by atoms with Crippen LogP contribution in [0.25, 0.3) is 0 Å². The van der Waals surface area contributed by atoms with Crippen LogP contribution < -0.4 is 9.64 Å². The van der Waals surface area contributed by atoms with Crippen molar-refractivity contribution < 1.29 is 28.2 Å². The molecule has 0 radical (unpaired) electrons. The number of anilines is 1. The summed E-state index contributed by atoms with van der Waals surface area (Å²) in [6.45, 7) is 5.70. The SMILES string of the molecule is CN(C)C(=O)N(C)C(C)(C)C.O=C(O)c1ccc(N2CC(F)(F)C2)c(OCC2CC2)n1. The lowest BCUT2D eigenvalue weighted by Crippen LogP contribution is -2.56. The average molecular weight is 443 g/mol. The van der Waals surface area contributed by atoms with Gasteiger partial charge in [-0.25, -0.2) is 23.4 Å². The Morgan fingerprint density at radius 2 is 1.81 bits per heavy atom. The molecular formula is C21H32F2N4O4. The smallest absolute Gasteiger partial charge is 0.354 e. The first-order valence-corrected chi connectivity index (χ1v) is 10.2. The van der Waals surface area contributed by atoms with Crippen molar-refractivity contribution >= 4 is 17.7 Å². The highest BCUT2D eigenvalue weighted by atomic mass is 19.3. The van der Waals surface area contributed by atoms with Crippen molar-refractivity contribution in [3.05, 3.63) is 17.8 Å². The number of ether oxygens (including phenoxy) is 1. The van der Waals surface area contributed by atoms with Crippen molar-refractivity contribution in [1.29, 1.82) is 0 Å². The number of amides is 2. The van der Waals surface area contributed by atoms with Crippen molar-refractivity contribution in [3.8, 4) is 5.88 Å². The number of hydrogen-bond acceptors (Lipinski definition) is 5. The fourth-order valence-electron chi connectivity index (χ4n) is 2.65. The molecule has 0 bridgehead atoms. The molecule has 0 spiro atoms. The van der Waals surface area contributed by atoms with Crippen LogP contribution in [0.2, 0.25) is 0 Å². The summed E-state index contributed by atoms with van der Waals surface area (Å²) in [7, 11) is 5.32. The van der Waals surface area contributed by atoms with Crippen LogP contribution in [0.4, 0.5) is 19.3 Å². The zero-order valence-corrected chi connectivity index (χ0v) is 19.0. The summed E-state index contributed by atoms with van der Waals surface area (Å²) in [4.78, 5) is 30.9. The number of urea groups is 1. The molecule has 2 aliphatic rings. The van der Waals surface area contributed by atoms with E-state index in [0.717, 1.165) is 12.8 Å². The number of carboxylic acids is 1. The first-order chi connectivity index (χ1) is 14.2. The van der Waals surface area contributed by atoms with Crippen molar-refractivity contribution in [1.82, 2.24) is 14.8 Å². The molecule has 1 aromatic heterocycles. The predicted molar refractivity (Wildman–Crippen MR) is 113 cm³/mol. The Morgan fingerprint density at radius 1 is 1.23 bits per heavy atom. The van der Waals surface area contributed by atoms with Crippen molar-refractivity contribution in [2.45, 2.75) is 45.1 Å². The zero-order chi connectivity index (χ0) is 23.6. The molecule has 2 heterocycles. The standard InChI is InChI=1S/C13H14F2N2O3.C8H18N2O/c14-13(15)6-17(7-13)10-4-3-9(12(18)19)16-11(10)20-5-8-1-2-8;1-8(2,3)10(6)7(11)9(4)5/h3-4,8H,1-2,5-7H2,(H,18,19);1-6H3. The summed E-state index contributed by atoms with van der Waals surface area (Å²) < 4.78 is 31.4. The minimum Gasteiger partial charge on any atom is -0.477 e. The number of aromatic nitrogens is 1. The van der Waals surface area contributed by atoms with E-state index >= 15 is 0 Å². The minimum absolute atomic E-state index is 0.0394. The number of carbonyl (C=O) groups is 2. The Labute approximate surface area is 181 Å². The van der Waals surface area contributed by atoms with Gasteiger partial charge in [0.15, 0.2) is 5.69 Å². The van der Waals surface area contributed by atoms with Gasteiger partial charge in [-0.1, -0.05) is 0 Å². The molecule has 0 aromatic carbocycles. The fraction of sp³-hybridized carbons (Fsp3) is 0.667. The molecule has 1 saturated carbocycles. The van der Waals surface area contributed by atoms with Gasteiger partial charge in [-0.2, -0.15) is 0 Å². The van der Waals surface area contributed by atoms with E-state index in [1.165, 1.54) is 17.0 Å². The molecule has 2 fully saturated rings. The number of halogens is 2. The third kappa shape index (κ3) is 6.93. The van der Waals surface area contributed by atoms with Crippen LogP contribution in [0.1, 0.15) is 44.1 Å². The van der Waals surface area contributed by atoms with Gasteiger partial charge < -0.3 is 24.5 Å². The third-order valence-electron chi connectivity index (χ3n) is 5.07. The first kappa shape index (κ1) is 24.6. The second kappa shape index (κ2) is 9.23. The highest BCUT2D eigenvalue weighted by molar-refractivity contribution is 5.86. The van der Waals surface area contributed by atoms with Gasteiger partial charge in [-0.05, 0) is 51.7 Å². The first-order valence-electron chi connectivity index (χ1n) is 10.2. The van der Waals surface area contributed by atoms with E-state index < -0.39 is 11.9 Å². The van der Waals surface area contributed by atoms with Gasteiger partial charge in [0.1, 0.15) is 5.69 Å². The molecule has 31 heavy (non-hydrogen) atoms. The van der Waals surface area contributed by atoms with Crippen molar-refractivity contribution in [2.24, 2.45) is 5.92 Å². The lowest BCUT2D eigenvalue weighted by Gasteiger charge is -2.40. The number of carboxylic acid groups (broad SMARTS) is 1. The molecule has 2 amide bonds. The number of rotatable bonds is 5. The van der Waals surface area contributed by atoms with Gasteiger partial charge in [0.2, 0.25) is 5.88 Å². The Morgan fingerprint density at radius 3 is 2.19 bits per heavy atom. The Balaban J connectivity index is 0.000000267. The number of alkyl halides is 2. The van der Waals surface area contributed by atoms with E-state index in [-0.39, 0.29) is 36.2 Å². The van der Waals surface area contributed by atoms with E-state index in [0.29, 0.717) is 18.2 Å². The Bertz CT molecular complexity index is 799. The highest BCUT2D eigenvalue weighted by Crippen LogP contribution is 2.37. The number of aromatic carboxylic acids is 1.